The van der Waals surface area contributed by atoms with Crippen molar-refractivity contribution < 1.29 is 9.72 Å². The number of nitro benzene ring substituents is 1. The third kappa shape index (κ3) is 3.81. The predicted molar refractivity (Wildman–Crippen MR) is 109 cm³/mol. The largest absolute Gasteiger partial charge is 0.378 e. The van der Waals surface area contributed by atoms with Crippen molar-refractivity contribution in [3.05, 3.63) is 62.2 Å². The summed E-state index contributed by atoms with van der Waals surface area (Å²) in [6.07, 6.45) is 1.79. The number of halogens is 1. The van der Waals surface area contributed by atoms with Crippen LogP contribution in [-0.4, -0.2) is 35.4 Å². The summed E-state index contributed by atoms with van der Waals surface area (Å²) in [7, 11) is 0. The lowest BCUT2D eigenvalue weighted by atomic mass is 10.00. The Bertz CT molecular complexity index is 947. The van der Waals surface area contributed by atoms with Crippen LogP contribution in [0.15, 0.2) is 30.3 Å². The van der Waals surface area contributed by atoms with Gasteiger partial charge in [0.25, 0.3) is 5.69 Å². The number of rotatable bonds is 5. The molecule has 8 heteroatoms. The predicted octanol–water partition coefficient (Wildman–Crippen LogP) is 3.60. The summed E-state index contributed by atoms with van der Waals surface area (Å²) < 4.78 is 0. The molecule has 7 nitrogen and oxygen atoms in total. The molecule has 2 N–H and O–H groups in total. The number of hydrogen-bond acceptors (Lipinski definition) is 5. The van der Waals surface area contributed by atoms with Gasteiger partial charge in [0.1, 0.15) is 5.69 Å². The fourth-order valence-electron chi connectivity index (χ4n) is 3.87. The highest BCUT2D eigenvalue weighted by Gasteiger charge is 2.23. The second-order valence-electron chi connectivity index (χ2n) is 7.16. The Hall–Kier alpha value is -2.64. The fraction of sp³-hybridized carbons (Fsp3) is 0.350. The summed E-state index contributed by atoms with van der Waals surface area (Å²) in [5.74, 6) is -0.0575. The van der Waals surface area contributed by atoms with Gasteiger partial charge < -0.3 is 10.6 Å². The minimum atomic E-state index is -0.377. The first-order valence-electron chi connectivity index (χ1n) is 9.35. The van der Waals surface area contributed by atoms with Crippen molar-refractivity contribution in [2.24, 2.45) is 0 Å². The van der Waals surface area contributed by atoms with E-state index in [9.17, 15) is 14.9 Å². The highest BCUT2D eigenvalue weighted by atomic mass is 35.5. The normalized spacial score (nSPS) is 16.1. The molecule has 2 aromatic carbocycles. The maximum atomic E-state index is 11.6. The molecule has 0 saturated heterocycles. The zero-order valence-corrected chi connectivity index (χ0v) is 16.1. The number of nitrogens with zero attached hydrogens (tertiary/aromatic N) is 2. The minimum absolute atomic E-state index is 0.0469. The summed E-state index contributed by atoms with van der Waals surface area (Å²) in [6.45, 7) is 3.05. The molecular weight excluding hydrogens is 380 g/mol. The van der Waals surface area contributed by atoms with Crippen LogP contribution in [0.5, 0.6) is 0 Å². The molecule has 0 spiro atoms. The van der Waals surface area contributed by atoms with E-state index in [2.05, 4.69) is 21.6 Å². The first-order valence-corrected chi connectivity index (χ1v) is 9.72. The lowest BCUT2D eigenvalue weighted by molar-refractivity contribution is -0.384. The number of aryl methyl sites for hydroxylation is 1. The summed E-state index contributed by atoms with van der Waals surface area (Å²) >= 11 is 6.27. The molecule has 2 heterocycles. The molecule has 146 valence electrons. The topological polar surface area (TPSA) is 87.5 Å². The number of benzene rings is 2. The van der Waals surface area contributed by atoms with Gasteiger partial charge in [-0.3, -0.25) is 19.8 Å². The maximum Gasteiger partial charge on any atom is 0.292 e. The van der Waals surface area contributed by atoms with E-state index in [4.69, 9.17) is 11.6 Å². The van der Waals surface area contributed by atoms with Crippen molar-refractivity contribution in [2.75, 3.05) is 30.3 Å². The van der Waals surface area contributed by atoms with Crippen molar-refractivity contribution >= 4 is 34.6 Å². The smallest absolute Gasteiger partial charge is 0.292 e. The molecule has 0 aromatic heterocycles. The highest BCUT2D eigenvalue weighted by molar-refractivity contribution is 6.31. The molecule has 2 aromatic rings. The molecule has 0 aliphatic carbocycles. The van der Waals surface area contributed by atoms with Crippen LogP contribution in [0.25, 0.3) is 0 Å². The van der Waals surface area contributed by atoms with Gasteiger partial charge in [-0.1, -0.05) is 23.7 Å². The molecule has 4 rings (SSSR count). The molecule has 1 amide bonds. The second-order valence-corrected chi connectivity index (χ2v) is 7.57. The summed E-state index contributed by atoms with van der Waals surface area (Å²) in [5.41, 5.74) is 4.40. The van der Waals surface area contributed by atoms with Crippen LogP contribution in [0, 0.1) is 10.1 Å². The zero-order valence-electron chi connectivity index (χ0n) is 15.3. The van der Waals surface area contributed by atoms with Gasteiger partial charge in [0.2, 0.25) is 5.91 Å². The van der Waals surface area contributed by atoms with Gasteiger partial charge in [-0.25, -0.2) is 0 Å². The molecule has 0 unspecified atom stereocenters. The van der Waals surface area contributed by atoms with Gasteiger partial charge in [0.05, 0.1) is 4.92 Å². The van der Waals surface area contributed by atoms with Gasteiger partial charge in [-0.2, -0.15) is 0 Å². The summed E-state index contributed by atoms with van der Waals surface area (Å²) in [6, 6.07) is 9.23. The monoisotopic (exact) mass is 400 g/mol. The summed E-state index contributed by atoms with van der Waals surface area (Å²) in [4.78, 5) is 25.0. The summed E-state index contributed by atoms with van der Waals surface area (Å²) in [5, 5.41) is 18.3. The molecule has 0 atom stereocenters. The number of carbonyl (C=O) groups excluding carboxylic acids is 1. The highest BCUT2D eigenvalue weighted by Crippen LogP contribution is 2.34. The Morgan fingerprint density at radius 2 is 2.07 bits per heavy atom. The van der Waals surface area contributed by atoms with E-state index >= 15 is 0 Å². The van der Waals surface area contributed by atoms with Gasteiger partial charge in [-0.05, 0) is 41.7 Å². The van der Waals surface area contributed by atoms with Crippen molar-refractivity contribution in [2.45, 2.75) is 25.8 Å². The third-order valence-electron chi connectivity index (χ3n) is 5.35. The van der Waals surface area contributed by atoms with Crippen LogP contribution in [0.4, 0.5) is 17.1 Å². The molecule has 2 aliphatic heterocycles. The maximum absolute atomic E-state index is 11.6. The van der Waals surface area contributed by atoms with Crippen LogP contribution in [0.2, 0.25) is 5.02 Å². The molecule has 0 radical (unpaired) electrons. The quantitative estimate of drug-likeness (QED) is 0.591. The van der Waals surface area contributed by atoms with Crippen molar-refractivity contribution in [1.29, 1.82) is 0 Å². The SMILES string of the molecule is O=C1CCc2cc([N+](=O)[O-])c(NCCN3CCc4c(Cl)cccc4C3)cc2N1. The molecule has 2 aliphatic rings. The number of amides is 1. The van der Waals surface area contributed by atoms with E-state index in [-0.39, 0.29) is 16.5 Å². The van der Waals surface area contributed by atoms with Gasteiger partial charge >= 0.3 is 0 Å². The van der Waals surface area contributed by atoms with Gasteiger partial charge in [-0.15, -0.1) is 0 Å². The average molecular weight is 401 g/mol. The van der Waals surface area contributed by atoms with Crippen LogP contribution in [0.3, 0.4) is 0 Å². The standard InChI is InChI=1S/C20H21ClN4O3/c21-16-3-1-2-14-12-24(8-6-15(14)16)9-7-22-18-11-17-13(4-5-20(26)23-17)10-19(18)25(27)28/h1-3,10-11,22H,4-9,12H2,(H,23,26). The van der Waals surface area contributed by atoms with Crippen molar-refractivity contribution in [3.63, 3.8) is 0 Å². The Morgan fingerprint density at radius 1 is 1.21 bits per heavy atom. The Labute approximate surface area is 167 Å². The zero-order chi connectivity index (χ0) is 19.7. The number of anilines is 2. The van der Waals surface area contributed by atoms with E-state index in [0.29, 0.717) is 30.8 Å². The number of fused-ring (bicyclic) bond motifs is 2. The second kappa shape index (κ2) is 7.77. The van der Waals surface area contributed by atoms with Gasteiger partial charge in [0, 0.05) is 49.4 Å². The van der Waals surface area contributed by atoms with Crippen molar-refractivity contribution in [1.82, 2.24) is 4.90 Å². The first kappa shape index (κ1) is 18.7. The lowest BCUT2D eigenvalue weighted by Crippen LogP contribution is -2.34. The minimum Gasteiger partial charge on any atom is -0.378 e. The van der Waals surface area contributed by atoms with Crippen molar-refractivity contribution in [3.8, 4) is 0 Å². The molecular formula is C20H21ClN4O3. The Balaban J connectivity index is 1.43. The van der Waals surface area contributed by atoms with E-state index in [1.54, 1.807) is 12.1 Å². The molecule has 0 bridgehead atoms. The molecule has 0 saturated carbocycles. The number of nitro groups is 1. The Kier molecular flexibility index (Phi) is 5.19. The molecule has 28 heavy (non-hydrogen) atoms. The Morgan fingerprint density at radius 3 is 2.89 bits per heavy atom. The van der Waals surface area contributed by atoms with Crippen LogP contribution in [-0.2, 0) is 24.2 Å². The van der Waals surface area contributed by atoms with Crippen LogP contribution in [0.1, 0.15) is 23.1 Å². The third-order valence-corrected chi connectivity index (χ3v) is 5.70. The average Bonchev–Trinajstić information content (AvgIpc) is 2.67. The lowest BCUT2D eigenvalue weighted by Gasteiger charge is -2.29. The number of hydrogen-bond donors (Lipinski definition) is 2. The molecule has 0 fully saturated rings. The van der Waals surface area contributed by atoms with E-state index in [0.717, 1.165) is 36.6 Å². The number of nitrogens with one attached hydrogen (secondary N) is 2. The van der Waals surface area contributed by atoms with Crippen LogP contribution >= 0.6 is 11.6 Å². The van der Waals surface area contributed by atoms with E-state index in [1.807, 2.05) is 12.1 Å². The fourth-order valence-corrected chi connectivity index (χ4v) is 4.16. The first-order chi connectivity index (χ1) is 13.5. The number of carbonyl (C=O) groups is 1. The van der Waals surface area contributed by atoms with Gasteiger partial charge in [0.15, 0.2) is 0 Å². The van der Waals surface area contributed by atoms with E-state index < -0.39 is 0 Å². The van der Waals surface area contributed by atoms with E-state index in [1.165, 1.54) is 11.1 Å². The van der Waals surface area contributed by atoms with Crippen LogP contribution < -0.4 is 10.6 Å².